The normalized spacial score (nSPS) is 19.0. The summed E-state index contributed by atoms with van der Waals surface area (Å²) in [6, 6.07) is 7.56. The molecule has 1 aliphatic heterocycles. The Bertz CT molecular complexity index is 1250. The van der Waals surface area contributed by atoms with E-state index in [0.29, 0.717) is 25.3 Å². The molecule has 1 aromatic carbocycles. The van der Waals surface area contributed by atoms with Gasteiger partial charge in [-0.05, 0) is 79.8 Å². The summed E-state index contributed by atoms with van der Waals surface area (Å²) in [5.74, 6) is 7.00. The fraction of sp³-hybridized carbons (Fsp3) is 0.464. The summed E-state index contributed by atoms with van der Waals surface area (Å²) in [6.07, 6.45) is 7.82. The van der Waals surface area contributed by atoms with Crippen LogP contribution in [-0.2, 0) is 11.8 Å². The predicted octanol–water partition coefficient (Wildman–Crippen LogP) is 3.65. The number of aliphatic hydroxyl groups excluding tert-OH is 1. The number of piperidine rings is 1. The van der Waals surface area contributed by atoms with E-state index < -0.39 is 12.1 Å². The van der Waals surface area contributed by atoms with Crippen molar-refractivity contribution in [2.45, 2.75) is 38.2 Å². The Kier molecular flexibility index (Phi) is 8.57. The van der Waals surface area contributed by atoms with E-state index in [4.69, 9.17) is 4.74 Å². The predicted molar refractivity (Wildman–Crippen MR) is 137 cm³/mol. The number of aliphatic carboxylic acids is 1. The van der Waals surface area contributed by atoms with Crippen LogP contribution in [0.25, 0.3) is 10.9 Å². The van der Waals surface area contributed by atoms with Gasteiger partial charge in [-0.2, -0.15) is 0 Å². The number of rotatable bonds is 9. The smallest absolute Gasteiger partial charge is 0.303 e. The first-order valence-electron chi connectivity index (χ1n) is 12.4. The van der Waals surface area contributed by atoms with Crippen molar-refractivity contribution < 1.29 is 19.7 Å². The molecule has 190 valence electrons. The quantitative estimate of drug-likeness (QED) is 0.442. The number of nitrogens with zero attached hydrogens (tertiary/aromatic N) is 4. The standard InChI is InChI=1S/C28H34N4O4/c1-31-19-29-17-22(31)4-3-14-32-15-12-20(21(18-32)6-10-28(34)35)5-9-27(33)24-11-13-30-26-8-7-23(36-2)16-25(24)26/h7-8,11,13,16-17,19-21,27,33H,5-6,9-10,12,14-15,18H2,1-2H3,(H,34,35)/t20?,21?,27-/m0/s1. The highest BCUT2D eigenvalue weighted by atomic mass is 16.5. The number of aromatic nitrogens is 3. The number of fused-ring (bicyclic) bond motifs is 1. The molecule has 1 fully saturated rings. The molecule has 0 radical (unpaired) electrons. The number of methoxy groups -OCH3 is 1. The molecule has 0 spiro atoms. The van der Waals surface area contributed by atoms with Crippen LogP contribution in [0.1, 0.15) is 49.5 Å². The number of aliphatic hydroxyl groups is 1. The van der Waals surface area contributed by atoms with Crippen LogP contribution in [0.2, 0.25) is 0 Å². The van der Waals surface area contributed by atoms with E-state index in [1.807, 2.05) is 35.9 Å². The molecule has 3 atom stereocenters. The highest BCUT2D eigenvalue weighted by Gasteiger charge is 2.30. The van der Waals surface area contributed by atoms with Gasteiger partial charge in [-0.1, -0.05) is 5.92 Å². The molecule has 3 aromatic rings. The number of hydrogen-bond donors (Lipinski definition) is 2. The topological polar surface area (TPSA) is 101 Å². The van der Waals surface area contributed by atoms with Gasteiger partial charge >= 0.3 is 5.97 Å². The summed E-state index contributed by atoms with van der Waals surface area (Å²) in [4.78, 5) is 22.1. The molecule has 0 amide bonds. The van der Waals surface area contributed by atoms with Gasteiger partial charge in [-0.3, -0.25) is 14.7 Å². The maximum atomic E-state index is 11.3. The number of carboxylic acids is 1. The molecule has 2 unspecified atom stereocenters. The molecular weight excluding hydrogens is 456 g/mol. The number of benzene rings is 1. The lowest BCUT2D eigenvalue weighted by atomic mass is 9.79. The minimum atomic E-state index is -0.765. The zero-order valence-electron chi connectivity index (χ0n) is 20.9. The lowest BCUT2D eigenvalue weighted by Gasteiger charge is -2.38. The molecule has 0 aliphatic carbocycles. The molecule has 0 saturated carbocycles. The van der Waals surface area contributed by atoms with Crippen LogP contribution in [0, 0.1) is 23.7 Å². The second kappa shape index (κ2) is 12.0. The van der Waals surface area contributed by atoms with Crippen molar-refractivity contribution >= 4 is 16.9 Å². The van der Waals surface area contributed by atoms with Crippen LogP contribution >= 0.6 is 0 Å². The van der Waals surface area contributed by atoms with E-state index in [9.17, 15) is 15.0 Å². The number of hydrogen-bond acceptors (Lipinski definition) is 6. The number of aryl methyl sites for hydroxylation is 1. The lowest BCUT2D eigenvalue weighted by molar-refractivity contribution is -0.137. The van der Waals surface area contributed by atoms with E-state index in [2.05, 4.69) is 26.7 Å². The number of ether oxygens (including phenoxy) is 1. The van der Waals surface area contributed by atoms with Crippen molar-refractivity contribution in [2.75, 3.05) is 26.7 Å². The van der Waals surface area contributed by atoms with E-state index in [1.54, 1.807) is 25.8 Å². The second-order valence-corrected chi connectivity index (χ2v) is 9.54. The third-order valence-electron chi connectivity index (χ3n) is 7.19. The van der Waals surface area contributed by atoms with Crippen LogP contribution in [0.3, 0.4) is 0 Å². The lowest BCUT2D eigenvalue weighted by Crippen LogP contribution is -2.41. The monoisotopic (exact) mass is 490 g/mol. The summed E-state index contributed by atoms with van der Waals surface area (Å²) in [6.45, 7) is 2.39. The van der Waals surface area contributed by atoms with Gasteiger partial charge in [0.2, 0.25) is 0 Å². The first-order valence-corrected chi connectivity index (χ1v) is 12.4. The molecule has 2 N–H and O–H groups in total. The number of carboxylic acid groups (broad SMARTS) is 1. The molecule has 8 heteroatoms. The van der Waals surface area contributed by atoms with E-state index in [-0.39, 0.29) is 12.3 Å². The van der Waals surface area contributed by atoms with E-state index in [1.165, 1.54) is 0 Å². The third kappa shape index (κ3) is 6.42. The van der Waals surface area contributed by atoms with Gasteiger partial charge in [0.05, 0.1) is 37.8 Å². The van der Waals surface area contributed by atoms with Gasteiger partial charge in [0.25, 0.3) is 0 Å². The Morgan fingerprint density at radius 1 is 1.28 bits per heavy atom. The number of pyridine rings is 1. The zero-order chi connectivity index (χ0) is 25.5. The van der Waals surface area contributed by atoms with Crippen LogP contribution < -0.4 is 4.74 Å². The molecule has 0 bridgehead atoms. The van der Waals surface area contributed by atoms with Gasteiger partial charge in [-0.25, -0.2) is 4.98 Å². The number of likely N-dealkylation sites (tertiary alicyclic amines) is 1. The molecule has 1 saturated heterocycles. The summed E-state index contributed by atoms with van der Waals surface area (Å²) < 4.78 is 7.25. The summed E-state index contributed by atoms with van der Waals surface area (Å²) in [5, 5.41) is 21.3. The van der Waals surface area contributed by atoms with Gasteiger partial charge < -0.3 is 19.5 Å². The highest BCUT2D eigenvalue weighted by molar-refractivity contribution is 5.83. The third-order valence-corrected chi connectivity index (χ3v) is 7.19. The Morgan fingerprint density at radius 2 is 2.14 bits per heavy atom. The van der Waals surface area contributed by atoms with Crippen LogP contribution in [-0.4, -0.2) is 62.4 Å². The average Bonchev–Trinajstić information content (AvgIpc) is 3.30. The minimum absolute atomic E-state index is 0.160. The van der Waals surface area contributed by atoms with Crippen molar-refractivity contribution in [1.29, 1.82) is 0 Å². The molecular formula is C28H34N4O4. The zero-order valence-corrected chi connectivity index (χ0v) is 20.9. The van der Waals surface area contributed by atoms with Crippen molar-refractivity contribution in [3.63, 3.8) is 0 Å². The molecule has 3 heterocycles. The van der Waals surface area contributed by atoms with E-state index in [0.717, 1.165) is 53.8 Å². The fourth-order valence-electron chi connectivity index (χ4n) is 5.13. The Labute approximate surface area is 211 Å². The first kappa shape index (κ1) is 25.7. The van der Waals surface area contributed by atoms with Gasteiger partial charge in [0.1, 0.15) is 11.4 Å². The van der Waals surface area contributed by atoms with Gasteiger partial charge in [-0.15, -0.1) is 0 Å². The van der Waals surface area contributed by atoms with E-state index >= 15 is 0 Å². The molecule has 8 nitrogen and oxygen atoms in total. The van der Waals surface area contributed by atoms with Crippen LogP contribution in [0.15, 0.2) is 43.0 Å². The Morgan fingerprint density at radius 3 is 2.89 bits per heavy atom. The minimum Gasteiger partial charge on any atom is -0.497 e. The van der Waals surface area contributed by atoms with Crippen molar-refractivity contribution in [3.8, 4) is 17.6 Å². The first-order chi connectivity index (χ1) is 17.4. The SMILES string of the molecule is COc1ccc2nccc([C@@H](O)CCC3CCN(CC#Cc4cncn4C)CC3CCC(=O)O)c2c1. The summed E-state index contributed by atoms with van der Waals surface area (Å²) >= 11 is 0. The average molecular weight is 491 g/mol. The summed E-state index contributed by atoms with van der Waals surface area (Å²) in [5.41, 5.74) is 2.55. The van der Waals surface area contributed by atoms with Crippen molar-refractivity contribution in [1.82, 2.24) is 19.4 Å². The largest absolute Gasteiger partial charge is 0.497 e. The van der Waals surface area contributed by atoms with Crippen molar-refractivity contribution in [2.24, 2.45) is 18.9 Å². The number of imidazole rings is 1. The molecule has 1 aliphatic rings. The van der Waals surface area contributed by atoms with Crippen LogP contribution in [0.4, 0.5) is 0 Å². The molecule has 2 aromatic heterocycles. The van der Waals surface area contributed by atoms with Gasteiger partial charge in [0.15, 0.2) is 0 Å². The Hall–Kier alpha value is -3.41. The maximum absolute atomic E-state index is 11.3. The molecule has 36 heavy (non-hydrogen) atoms. The number of carbonyl (C=O) groups is 1. The highest BCUT2D eigenvalue weighted by Crippen LogP contribution is 2.35. The fourth-order valence-corrected chi connectivity index (χ4v) is 5.13. The van der Waals surface area contributed by atoms with Gasteiger partial charge in [0, 0.05) is 31.6 Å². The maximum Gasteiger partial charge on any atom is 0.303 e. The Balaban J connectivity index is 1.40. The second-order valence-electron chi connectivity index (χ2n) is 9.54. The summed E-state index contributed by atoms with van der Waals surface area (Å²) in [7, 11) is 3.55. The molecule has 4 rings (SSSR count). The van der Waals surface area contributed by atoms with Crippen LogP contribution in [0.5, 0.6) is 5.75 Å². The van der Waals surface area contributed by atoms with Crippen molar-refractivity contribution in [3.05, 3.63) is 54.2 Å².